The van der Waals surface area contributed by atoms with Crippen LogP contribution in [0, 0.1) is 13.8 Å². The van der Waals surface area contributed by atoms with Crippen molar-refractivity contribution in [3.05, 3.63) is 28.8 Å². The number of anilines is 1. The van der Waals surface area contributed by atoms with Gasteiger partial charge in [-0.05, 0) is 31.0 Å². The maximum Gasteiger partial charge on any atom is 0.349 e. The van der Waals surface area contributed by atoms with Crippen LogP contribution in [-0.4, -0.2) is 75.3 Å². The molecule has 5 N–H and O–H groups in total. The zero-order valence-electron chi connectivity index (χ0n) is 15.3. The molecule has 3 heterocycles. The van der Waals surface area contributed by atoms with Crippen molar-refractivity contribution in [1.29, 1.82) is 0 Å². The highest BCUT2D eigenvalue weighted by Crippen LogP contribution is 2.58. The van der Waals surface area contributed by atoms with E-state index in [0.29, 0.717) is 11.3 Å². The third-order valence-electron chi connectivity index (χ3n) is 5.53. The summed E-state index contributed by atoms with van der Waals surface area (Å²) in [6.07, 6.45) is -5.28. The fourth-order valence-electron chi connectivity index (χ4n) is 3.76. The molecule has 150 valence electrons. The molecule has 2 unspecified atom stereocenters. The van der Waals surface area contributed by atoms with E-state index in [0.717, 1.165) is 11.1 Å². The summed E-state index contributed by atoms with van der Waals surface area (Å²) in [5, 5.41) is 41.2. The van der Waals surface area contributed by atoms with Crippen LogP contribution < -0.4 is 10.2 Å². The van der Waals surface area contributed by atoms with Crippen LogP contribution in [0.4, 0.5) is 10.5 Å². The lowest BCUT2D eigenvalue weighted by Crippen LogP contribution is -2.60. The molecule has 0 aromatic heterocycles. The lowest BCUT2D eigenvalue weighted by atomic mass is 9.87. The molecule has 10 nitrogen and oxygen atoms in total. The van der Waals surface area contributed by atoms with Crippen LogP contribution in [0.25, 0.3) is 0 Å². The van der Waals surface area contributed by atoms with Crippen LogP contribution in [0.1, 0.15) is 22.8 Å². The van der Waals surface area contributed by atoms with Crippen molar-refractivity contribution in [1.82, 2.24) is 5.32 Å². The van der Waals surface area contributed by atoms with Gasteiger partial charge in [0.25, 0.3) is 5.91 Å². The topological polar surface area (TPSA) is 155 Å². The number of β-amino-alcohol motifs (C(OH)–C–C–N with tert-alkyl or cyclic N) is 1. The van der Waals surface area contributed by atoms with Gasteiger partial charge in [-0.2, -0.15) is 4.99 Å². The van der Waals surface area contributed by atoms with Gasteiger partial charge in [0.2, 0.25) is 5.60 Å². The molecule has 10 heteroatoms. The quantitative estimate of drug-likeness (QED) is 0.386. The Bertz CT molecular complexity index is 901. The van der Waals surface area contributed by atoms with Crippen LogP contribution in [0.5, 0.6) is 0 Å². The predicted molar refractivity (Wildman–Crippen MR) is 95.9 cm³/mol. The average molecular weight is 391 g/mol. The highest BCUT2D eigenvalue weighted by Gasteiger charge is 2.73. The standard InChI is InChI=1S/C18H21N3O7/c1-7-3-9-10(4-8(7)2)21(5-11(23)13(25)12(24)6-22)15-18(14(9)28-18)16(26)20-17(27)19-15/h3-4,11-14,22-25H,5-6H2,1-2H3,(H,20,26,27)/t11-,12+,13-,14?,18?/m0/s1. The Labute approximate surface area is 160 Å². The molecular weight excluding hydrogens is 370 g/mol. The highest BCUT2D eigenvalue weighted by atomic mass is 16.6. The van der Waals surface area contributed by atoms with E-state index >= 15 is 0 Å². The van der Waals surface area contributed by atoms with E-state index in [1.807, 2.05) is 26.0 Å². The molecule has 3 amide bonds. The van der Waals surface area contributed by atoms with E-state index in [1.165, 1.54) is 4.90 Å². The number of carbonyl (C=O) groups excluding carboxylic acids is 2. The number of aryl methyl sites for hydroxylation is 2. The zero-order chi connectivity index (χ0) is 20.4. The summed E-state index contributed by atoms with van der Waals surface area (Å²) in [6.45, 7) is 2.80. The fraction of sp³-hybridized carbons (Fsp3) is 0.500. The summed E-state index contributed by atoms with van der Waals surface area (Å²) in [4.78, 5) is 29.8. The summed E-state index contributed by atoms with van der Waals surface area (Å²) >= 11 is 0. The maximum absolute atomic E-state index is 12.5. The molecule has 0 radical (unpaired) electrons. The van der Waals surface area contributed by atoms with Gasteiger partial charge in [-0.3, -0.25) is 10.1 Å². The van der Waals surface area contributed by atoms with Crippen molar-refractivity contribution in [2.45, 2.75) is 43.9 Å². The number of amidine groups is 1. The van der Waals surface area contributed by atoms with Crippen LogP contribution >= 0.6 is 0 Å². The summed E-state index contributed by atoms with van der Waals surface area (Å²) in [7, 11) is 0. The van der Waals surface area contributed by atoms with Gasteiger partial charge in [0.1, 0.15) is 24.4 Å². The number of hydrogen-bond donors (Lipinski definition) is 5. The number of urea groups is 1. The molecule has 1 fully saturated rings. The molecule has 1 aromatic rings. The Morgan fingerprint density at radius 3 is 2.57 bits per heavy atom. The number of carbonyl (C=O) groups is 2. The monoisotopic (exact) mass is 391 g/mol. The maximum atomic E-state index is 12.5. The van der Waals surface area contributed by atoms with Gasteiger partial charge in [-0.15, -0.1) is 0 Å². The van der Waals surface area contributed by atoms with Gasteiger partial charge in [0.15, 0.2) is 5.84 Å². The SMILES string of the molecule is Cc1cc2c(cc1C)N(C[C@H](O)[C@H](O)[C@H](O)CO)C1=NC(=O)NC(=O)C13OC23. The molecule has 1 spiro atoms. The highest BCUT2D eigenvalue weighted by molar-refractivity contribution is 6.29. The molecule has 1 aromatic carbocycles. The van der Waals surface area contributed by atoms with E-state index in [1.54, 1.807) is 0 Å². The molecule has 3 aliphatic rings. The lowest BCUT2D eigenvalue weighted by molar-refractivity contribution is -0.123. The third-order valence-corrected chi connectivity index (χ3v) is 5.53. The van der Waals surface area contributed by atoms with Gasteiger partial charge in [0, 0.05) is 11.3 Å². The van der Waals surface area contributed by atoms with Crippen molar-refractivity contribution < 1.29 is 34.8 Å². The minimum absolute atomic E-state index is 0.0340. The first-order valence-corrected chi connectivity index (χ1v) is 8.86. The van der Waals surface area contributed by atoms with Crippen molar-refractivity contribution >= 4 is 23.5 Å². The first-order chi connectivity index (χ1) is 13.2. The number of aliphatic imine (C=N–C) groups is 1. The number of imide groups is 1. The largest absolute Gasteiger partial charge is 0.394 e. The number of aliphatic hydroxyl groups excluding tert-OH is 4. The average Bonchev–Trinajstić information content (AvgIpc) is 3.40. The van der Waals surface area contributed by atoms with E-state index in [2.05, 4.69) is 10.3 Å². The van der Waals surface area contributed by atoms with E-state index in [9.17, 15) is 24.9 Å². The van der Waals surface area contributed by atoms with Gasteiger partial charge < -0.3 is 30.1 Å². The Morgan fingerprint density at radius 2 is 1.89 bits per heavy atom. The number of nitrogens with zero attached hydrogens (tertiary/aromatic N) is 2. The minimum atomic E-state index is -1.64. The summed E-state index contributed by atoms with van der Waals surface area (Å²) in [6, 6.07) is 2.86. The molecule has 0 saturated carbocycles. The van der Waals surface area contributed by atoms with Gasteiger partial charge in [-0.25, -0.2) is 4.79 Å². The minimum Gasteiger partial charge on any atom is -0.394 e. The van der Waals surface area contributed by atoms with Crippen LogP contribution in [0.15, 0.2) is 17.1 Å². The zero-order valence-corrected chi connectivity index (χ0v) is 15.3. The number of amides is 3. The normalized spacial score (nSPS) is 28.4. The second kappa shape index (κ2) is 6.33. The van der Waals surface area contributed by atoms with Crippen LogP contribution in [0.3, 0.4) is 0 Å². The molecule has 0 bridgehead atoms. The second-order valence-electron chi connectivity index (χ2n) is 7.34. The number of fused-ring (bicyclic) bond motifs is 2. The Kier molecular flexibility index (Phi) is 4.28. The van der Waals surface area contributed by atoms with Crippen molar-refractivity contribution in [2.24, 2.45) is 4.99 Å². The number of nitrogens with one attached hydrogen (secondary N) is 1. The van der Waals surface area contributed by atoms with E-state index < -0.39 is 48.6 Å². The molecule has 3 aliphatic heterocycles. The van der Waals surface area contributed by atoms with Crippen molar-refractivity contribution in [3.63, 3.8) is 0 Å². The molecule has 4 rings (SSSR count). The first-order valence-electron chi connectivity index (χ1n) is 8.86. The van der Waals surface area contributed by atoms with E-state index in [-0.39, 0.29) is 12.4 Å². The smallest absolute Gasteiger partial charge is 0.349 e. The summed E-state index contributed by atoms with van der Waals surface area (Å²) in [5.74, 6) is -0.599. The molecular formula is C18H21N3O7. The summed E-state index contributed by atoms with van der Waals surface area (Å²) in [5.41, 5.74) is 1.76. The van der Waals surface area contributed by atoms with Crippen molar-refractivity contribution in [2.75, 3.05) is 18.1 Å². The fourth-order valence-corrected chi connectivity index (χ4v) is 3.76. The number of hydrogen-bond acceptors (Lipinski definition) is 8. The first kappa shape index (κ1) is 19.0. The van der Waals surface area contributed by atoms with Crippen molar-refractivity contribution in [3.8, 4) is 0 Å². The lowest BCUT2D eigenvalue weighted by Gasteiger charge is -2.37. The van der Waals surface area contributed by atoms with E-state index in [4.69, 9.17) is 9.84 Å². The second-order valence-corrected chi connectivity index (χ2v) is 7.34. The Balaban J connectivity index is 1.80. The number of epoxide rings is 1. The number of ether oxygens (including phenoxy) is 1. The number of rotatable bonds is 5. The summed E-state index contributed by atoms with van der Waals surface area (Å²) < 4.78 is 5.72. The van der Waals surface area contributed by atoms with Gasteiger partial charge >= 0.3 is 6.03 Å². The number of aliphatic hydroxyl groups is 4. The van der Waals surface area contributed by atoms with Gasteiger partial charge in [-0.1, -0.05) is 6.07 Å². The predicted octanol–water partition coefficient (Wildman–Crippen LogP) is -1.34. The number of benzene rings is 1. The Hall–Kier alpha value is -2.37. The van der Waals surface area contributed by atoms with Crippen LogP contribution in [-0.2, 0) is 9.53 Å². The molecule has 5 atom stereocenters. The van der Waals surface area contributed by atoms with Crippen LogP contribution in [0.2, 0.25) is 0 Å². The van der Waals surface area contributed by atoms with Gasteiger partial charge in [0.05, 0.1) is 13.2 Å². The molecule has 28 heavy (non-hydrogen) atoms. The Morgan fingerprint density at radius 1 is 1.21 bits per heavy atom. The molecule has 0 aliphatic carbocycles. The molecule has 1 saturated heterocycles. The third kappa shape index (κ3) is 2.57.